The molecule has 2 fully saturated rings. The Hall–Kier alpha value is -3.23. The number of carbonyl (C=O) groups excluding carboxylic acids is 1. The molecule has 3 heterocycles. The first kappa shape index (κ1) is 21.0. The quantitative estimate of drug-likeness (QED) is 0.787. The van der Waals surface area contributed by atoms with Gasteiger partial charge in [0.2, 0.25) is 5.95 Å². The number of benzene rings is 1. The van der Waals surface area contributed by atoms with Crippen molar-refractivity contribution in [1.29, 1.82) is 0 Å². The Morgan fingerprint density at radius 2 is 1.52 bits per heavy atom. The van der Waals surface area contributed by atoms with E-state index < -0.39 is 0 Å². The van der Waals surface area contributed by atoms with Crippen LogP contribution in [0.3, 0.4) is 0 Å². The molecule has 1 aromatic carbocycles. The molecule has 2 aliphatic heterocycles. The van der Waals surface area contributed by atoms with Gasteiger partial charge >= 0.3 is 6.03 Å². The fourth-order valence-electron chi connectivity index (χ4n) is 3.98. The Bertz CT molecular complexity index is 901. The molecule has 0 spiro atoms. The van der Waals surface area contributed by atoms with Gasteiger partial charge in [0.15, 0.2) is 0 Å². The van der Waals surface area contributed by atoms with Crippen molar-refractivity contribution in [3.05, 3.63) is 30.0 Å². The molecule has 0 atom stereocenters. The van der Waals surface area contributed by atoms with Crippen LogP contribution in [0.25, 0.3) is 0 Å². The molecule has 9 nitrogen and oxygen atoms in total. The van der Waals surface area contributed by atoms with E-state index in [1.807, 2.05) is 17.9 Å². The Labute approximate surface area is 183 Å². The summed E-state index contributed by atoms with van der Waals surface area (Å²) in [5.74, 6) is 3.02. The largest absolute Gasteiger partial charge is 0.497 e. The lowest BCUT2D eigenvalue weighted by molar-refractivity contribution is 0.208. The molecule has 0 saturated carbocycles. The number of amides is 2. The number of hydrogen-bond acceptors (Lipinski definition) is 7. The number of methoxy groups -OCH3 is 2. The second kappa shape index (κ2) is 9.28. The van der Waals surface area contributed by atoms with Gasteiger partial charge in [-0.2, -0.15) is 4.98 Å². The van der Waals surface area contributed by atoms with E-state index in [1.54, 1.807) is 32.4 Å². The third-order valence-electron chi connectivity index (χ3n) is 5.71. The average Bonchev–Trinajstić information content (AvgIpc) is 3.33. The van der Waals surface area contributed by atoms with Gasteiger partial charge in [-0.15, -0.1) is 0 Å². The maximum atomic E-state index is 12.8. The fraction of sp³-hybridized carbons (Fsp3) is 0.500. The molecule has 1 N–H and O–H groups in total. The molecular weight excluding hydrogens is 396 g/mol. The molecular formula is C22H30N6O3. The highest BCUT2D eigenvalue weighted by atomic mass is 16.5. The smallest absolute Gasteiger partial charge is 0.321 e. The van der Waals surface area contributed by atoms with Gasteiger partial charge in [-0.3, -0.25) is 0 Å². The van der Waals surface area contributed by atoms with E-state index >= 15 is 0 Å². The SMILES string of the molecule is COc1cc(NC(=O)N2CCN(c3cc(C)nc(N4CCCC4)n3)CC2)cc(OC)c1. The second-order valence-electron chi connectivity index (χ2n) is 7.87. The summed E-state index contributed by atoms with van der Waals surface area (Å²) in [6, 6.07) is 7.22. The molecule has 4 rings (SSSR count). The molecule has 0 radical (unpaired) electrons. The van der Waals surface area contributed by atoms with Crippen molar-refractivity contribution in [3.63, 3.8) is 0 Å². The van der Waals surface area contributed by atoms with Crippen molar-refractivity contribution >= 4 is 23.5 Å². The van der Waals surface area contributed by atoms with Gasteiger partial charge in [0.1, 0.15) is 17.3 Å². The second-order valence-corrected chi connectivity index (χ2v) is 7.87. The van der Waals surface area contributed by atoms with Crippen molar-refractivity contribution in [1.82, 2.24) is 14.9 Å². The van der Waals surface area contributed by atoms with Crippen molar-refractivity contribution in [2.75, 3.05) is 68.6 Å². The number of nitrogens with one attached hydrogen (secondary N) is 1. The highest BCUT2D eigenvalue weighted by Crippen LogP contribution is 2.26. The molecule has 0 unspecified atom stereocenters. The Morgan fingerprint density at radius 3 is 2.13 bits per heavy atom. The third-order valence-corrected chi connectivity index (χ3v) is 5.71. The number of nitrogens with zero attached hydrogens (tertiary/aromatic N) is 5. The van der Waals surface area contributed by atoms with Gasteiger partial charge in [-0.25, -0.2) is 9.78 Å². The van der Waals surface area contributed by atoms with Crippen molar-refractivity contribution in [2.45, 2.75) is 19.8 Å². The summed E-state index contributed by atoms with van der Waals surface area (Å²) in [6.45, 7) is 6.74. The van der Waals surface area contributed by atoms with E-state index in [1.165, 1.54) is 12.8 Å². The summed E-state index contributed by atoms with van der Waals surface area (Å²) in [4.78, 5) is 28.5. The van der Waals surface area contributed by atoms with Crippen LogP contribution in [-0.4, -0.2) is 74.4 Å². The Kier molecular flexibility index (Phi) is 6.29. The summed E-state index contributed by atoms with van der Waals surface area (Å²) in [7, 11) is 3.17. The first-order valence-electron chi connectivity index (χ1n) is 10.7. The summed E-state index contributed by atoms with van der Waals surface area (Å²) < 4.78 is 10.6. The zero-order chi connectivity index (χ0) is 21.8. The van der Waals surface area contributed by atoms with Crippen LogP contribution < -0.4 is 24.6 Å². The van der Waals surface area contributed by atoms with E-state index in [2.05, 4.69) is 20.1 Å². The first-order chi connectivity index (χ1) is 15.1. The highest BCUT2D eigenvalue weighted by Gasteiger charge is 2.24. The van der Waals surface area contributed by atoms with Gasteiger partial charge in [0.25, 0.3) is 0 Å². The number of aromatic nitrogens is 2. The highest BCUT2D eigenvalue weighted by molar-refractivity contribution is 5.90. The Morgan fingerprint density at radius 1 is 0.871 bits per heavy atom. The minimum atomic E-state index is -0.133. The average molecular weight is 427 g/mol. The van der Waals surface area contributed by atoms with Gasteiger partial charge in [-0.1, -0.05) is 0 Å². The summed E-state index contributed by atoms with van der Waals surface area (Å²) in [5, 5.41) is 2.95. The zero-order valence-electron chi connectivity index (χ0n) is 18.4. The number of carbonyl (C=O) groups is 1. The lowest BCUT2D eigenvalue weighted by atomic mass is 10.2. The van der Waals surface area contributed by atoms with Crippen molar-refractivity contribution in [3.8, 4) is 11.5 Å². The van der Waals surface area contributed by atoms with E-state index in [0.29, 0.717) is 30.3 Å². The molecule has 166 valence electrons. The van der Waals surface area contributed by atoms with Gasteiger partial charge in [0, 0.05) is 74.9 Å². The molecule has 0 aliphatic carbocycles. The van der Waals surface area contributed by atoms with Gasteiger partial charge < -0.3 is 29.5 Å². The maximum Gasteiger partial charge on any atom is 0.321 e. The number of piperazine rings is 1. The van der Waals surface area contributed by atoms with Crippen LogP contribution in [0.4, 0.5) is 22.2 Å². The predicted octanol–water partition coefficient (Wildman–Crippen LogP) is 2.76. The number of hydrogen-bond donors (Lipinski definition) is 1. The monoisotopic (exact) mass is 426 g/mol. The molecule has 1 aromatic heterocycles. The van der Waals surface area contributed by atoms with E-state index in [0.717, 1.165) is 43.6 Å². The number of ether oxygens (including phenoxy) is 2. The molecule has 2 aliphatic rings. The van der Waals surface area contributed by atoms with E-state index in [9.17, 15) is 4.79 Å². The van der Waals surface area contributed by atoms with Crippen LogP contribution in [0.15, 0.2) is 24.3 Å². The first-order valence-corrected chi connectivity index (χ1v) is 10.7. The summed E-state index contributed by atoms with van der Waals surface area (Å²) in [6.07, 6.45) is 2.39. The number of aryl methyl sites for hydroxylation is 1. The van der Waals surface area contributed by atoms with Crippen LogP contribution in [0.1, 0.15) is 18.5 Å². The number of urea groups is 1. The normalized spacial score (nSPS) is 16.4. The molecule has 9 heteroatoms. The topological polar surface area (TPSA) is 83.1 Å². The number of anilines is 3. The summed E-state index contributed by atoms with van der Waals surface area (Å²) in [5.41, 5.74) is 1.62. The van der Waals surface area contributed by atoms with Crippen molar-refractivity contribution in [2.24, 2.45) is 0 Å². The van der Waals surface area contributed by atoms with Crippen LogP contribution >= 0.6 is 0 Å². The lowest BCUT2D eigenvalue weighted by Crippen LogP contribution is -2.50. The predicted molar refractivity (Wildman–Crippen MR) is 121 cm³/mol. The van der Waals surface area contributed by atoms with Crippen LogP contribution in [-0.2, 0) is 0 Å². The van der Waals surface area contributed by atoms with E-state index in [4.69, 9.17) is 14.5 Å². The molecule has 2 saturated heterocycles. The molecule has 2 amide bonds. The van der Waals surface area contributed by atoms with Gasteiger partial charge in [0.05, 0.1) is 14.2 Å². The Balaban J connectivity index is 1.38. The minimum absolute atomic E-state index is 0.133. The standard InChI is InChI=1S/C22H30N6O3/c1-16-12-20(25-21(23-16)27-6-4-5-7-27)26-8-10-28(11-9-26)22(29)24-17-13-18(30-2)15-19(14-17)31-3/h12-15H,4-11H2,1-3H3,(H,24,29). The van der Waals surface area contributed by atoms with Gasteiger partial charge in [-0.05, 0) is 19.8 Å². The maximum absolute atomic E-state index is 12.8. The van der Waals surface area contributed by atoms with Crippen LogP contribution in [0.5, 0.6) is 11.5 Å². The lowest BCUT2D eigenvalue weighted by Gasteiger charge is -2.35. The van der Waals surface area contributed by atoms with Crippen molar-refractivity contribution < 1.29 is 14.3 Å². The molecule has 31 heavy (non-hydrogen) atoms. The zero-order valence-corrected chi connectivity index (χ0v) is 18.4. The minimum Gasteiger partial charge on any atom is -0.497 e. The molecule has 0 bridgehead atoms. The fourth-order valence-corrected chi connectivity index (χ4v) is 3.98. The van der Waals surface area contributed by atoms with Crippen LogP contribution in [0.2, 0.25) is 0 Å². The number of rotatable bonds is 5. The summed E-state index contributed by atoms with van der Waals surface area (Å²) >= 11 is 0. The van der Waals surface area contributed by atoms with Crippen LogP contribution in [0, 0.1) is 6.92 Å². The molecule has 2 aromatic rings. The third kappa shape index (κ3) is 4.92. The van der Waals surface area contributed by atoms with E-state index in [-0.39, 0.29) is 6.03 Å².